The first-order valence-corrected chi connectivity index (χ1v) is 10.1. The Hall–Kier alpha value is -3.45. The third-order valence-corrected chi connectivity index (χ3v) is 5.46. The second-order valence-corrected chi connectivity index (χ2v) is 7.74. The molecular weight excluding hydrogens is 378 g/mol. The van der Waals surface area contributed by atoms with E-state index in [0.29, 0.717) is 29.7 Å². The van der Waals surface area contributed by atoms with Crippen molar-refractivity contribution in [3.8, 4) is 5.75 Å². The van der Waals surface area contributed by atoms with Crippen LogP contribution in [0.2, 0.25) is 0 Å². The molecule has 2 aliphatic rings. The molecule has 2 aromatic heterocycles. The number of nitrogens with zero attached hydrogens (tertiary/aromatic N) is 3. The molecule has 1 atom stereocenters. The molecule has 3 aromatic rings. The molecule has 1 unspecified atom stereocenters. The molecule has 3 heterocycles. The number of aromatic nitrogens is 2. The summed E-state index contributed by atoms with van der Waals surface area (Å²) in [6.07, 6.45) is 5.58. The van der Waals surface area contributed by atoms with E-state index in [9.17, 15) is 4.79 Å². The van der Waals surface area contributed by atoms with Crippen LogP contribution >= 0.6 is 0 Å². The first-order valence-electron chi connectivity index (χ1n) is 10.1. The van der Waals surface area contributed by atoms with Crippen molar-refractivity contribution in [3.63, 3.8) is 0 Å². The van der Waals surface area contributed by atoms with Crippen molar-refractivity contribution in [2.45, 2.75) is 38.5 Å². The smallest absolute Gasteiger partial charge is 0.259 e. The Morgan fingerprint density at radius 2 is 1.90 bits per heavy atom. The average molecular weight is 401 g/mol. The molecule has 1 amide bonds. The molecule has 7 nitrogen and oxygen atoms in total. The zero-order chi connectivity index (χ0) is 20.7. The summed E-state index contributed by atoms with van der Waals surface area (Å²) >= 11 is 0. The highest BCUT2D eigenvalue weighted by Crippen LogP contribution is 2.43. The van der Waals surface area contributed by atoms with E-state index in [0.717, 1.165) is 35.5 Å². The van der Waals surface area contributed by atoms with Gasteiger partial charge in [0, 0.05) is 30.0 Å². The second kappa shape index (κ2) is 7.42. The SMILES string of the molecule is CC(N)c1ccc(OCc2ccnc3c2NC(=O)c2cccnc2N3C2CC2)cc1. The van der Waals surface area contributed by atoms with Crippen molar-refractivity contribution in [1.82, 2.24) is 9.97 Å². The largest absolute Gasteiger partial charge is 0.489 e. The number of nitrogens with two attached hydrogens (primary N) is 1. The van der Waals surface area contributed by atoms with Gasteiger partial charge in [0.05, 0.1) is 11.3 Å². The van der Waals surface area contributed by atoms with Crippen LogP contribution in [0.4, 0.5) is 17.3 Å². The van der Waals surface area contributed by atoms with E-state index in [1.165, 1.54) is 0 Å². The Kier molecular flexibility index (Phi) is 4.59. The monoisotopic (exact) mass is 401 g/mol. The van der Waals surface area contributed by atoms with E-state index in [4.69, 9.17) is 10.5 Å². The number of carbonyl (C=O) groups excluding carboxylic acids is 1. The van der Waals surface area contributed by atoms with Crippen LogP contribution in [-0.2, 0) is 6.61 Å². The number of ether oxygens (including phenoxy) is 1. The molecular formula is C23H23N5O2. The number of hydrogen-bond donors (Lipinski definition) is 2. The minimum atomic E-state index is -0.182. The van der Waals surface area contributed by atoms with Crippen molar-refractivity contribution >= 4 is 23.2 Å². The standard InChI is InChI=1S/C23H23N5O2/c1-14(24)15-4-8-18(9-5-15)30-13-16-10-12-26-22-20(16)27-23(29)19-3-2-11-25-21(19)28(22)17-6-7-17/h2-5,8-12,14,17H,6-7,13,24H2,1H3,(H,27,29). The molecule has 1 saturated carbocycles. The lowest BCUT2D eigenvalue weighted by atomic mass is 10.1. The van der Waals surface area contributed by atoms with Gasteiger partial charge in [-0.2, -0.15) is 0 Å². The Balaban J connectivity index is 1.47. The van der Waals surface area contributed by atoms with Gasteiger partial charge in [-0.15, -0.1) is 0 Å². The molecule has 30 heavy (non-hydrogen) atoms. The highest BCUT2D eigenvalue weighted by Gasteiger charge is 2.38. The molecule has 1 aliphatic heterocycles. The van der Waals surface area contributed by atoms with Crippen molar-refractivity contribution in [2.75, 3.05) is 10.2 Å². The fraction of sp³-hybridized carbons (Fsp3) is 0.261. The molecule has 1 aromatic carbocycles. The summed E-state index contributed by atoms with van der Waals surface area (Å²) in [7, 11) is 0. The summed E-state index contributed by atoms with van der Waals surface area (Å²) in [6, 6.07) is 13.5. The molecule has 0 bridgehead atoms. The summed E-state index contributed by atoms with van der Waals surface area (Å²) in [5.74, 6) is 1.94. The normalized spacial score (nSPS) is 16.2. The number of pyridine rings is 2. The number of benzene rings is 1. The Morgan fingerprint density at radius 1 is 1.13 bits per heavy atom. The summed E-state index contributed by atoms with van der Waals surface area (Å²) in [6.45, 7) is 2.26. The number of hydrogen-bond acceptors (Lipinski definition) is 6. The molecule has 1 aliphatic carbocycles. The van der Waals surface area contributed by atoms with E-state index < -0.39 is 0 Å². The van der Waals surface area contributed by atoms with Crippen LogP contribution in [0.25, 0.3) is 0 Å². The average Bonchev–Trinajstić information content (AvgIpc) is 3.60. The fourth-order valence-electron chi connectivity index (χ4n) is 3.68. The number of nitrogens with one attached hydrogen (secondary N) is 1. The second-order valence-electron chi connectivity index (χ2n) is 7.74. The maximum Gasteiger partial charge on any atom is 0.259 e. The number of amides is 1. The van der Waals surface area contributed by atoms with Gasteiger partial charge >= 0.3 is 0 Å². The first-order chi connectivity index (χ1) is 14.6. The van der Waals surface area contributed by atoms with Crippen molar-refractivity contribution < 1.29 is 9.53 Å². The van der Waals surface area contributed by atoms with Crippen LogP contribution < -0.4 is 20.7 Å². The predicted molar refractivity (Wildman–Crippen MR) is 115 cm³/mol. The van der Waals surface area contributed by atoms with Gasteiger partial charge in [-0.1, -0.05) is 12.1 Å². The Morgan fingerprint density at radius 3 is 2.63 bits per heavy atom. The van der Waals surface area contributed by atoms with Crippen molar-refractivity contribution in [1.29, 1.82) is 0 Å². The summed E-state index contributed by atoms with van der Waals surface area (Å²) in [5.41, 5.74) is 9.07. The van der Waals surface area contributed by atoms with Crippen LogP contribution in [-0.4, -0.2) is 21.9 Å². The van der Waals surface area contributed by atoms with Gasteiger partial charge in [0.1, 0.15) is 18.2 Å². The Bertz CT molecular complexity index is 1090. The van der Waals surface area contributed by atoms with Crippen LogP contribution in [0.15, 0.2) is 54.9 Å². The lowest BCUT2D eigenvalue weighted by Gasteiger charge is -2.24. The lowest BCUT2D eigenvalue weighted by molar-refractivity contribution is 0.102. The predicted octanol–water partition coefficient (Wildman–Crippen LogP) is 3.94. The minimum Gasteiger partial charge on any atom is -0.489 e. The molecule has 152 valence electrons. The van der Waals surface area contributed by atoms with Gasteiger partial charge in [-0.05, 0) is 55.7 Å². The van der Waals surface area contributed by atoms with Crippen LogP contribution in [0.5, 0.6) is 5.75 Å². The molecule has 5 rings (SSSR count). The lowest BCUT2D eigenvalue weighted by Crippen LogP contribution is -2.22. The van der Waals surface area contributed by atoms with E-state index >= 15 is 0 Å². The quantitative estimate of drug-likeness (QED) is 0.673. The molecule has 0 radical (unpaired) electrons. The van der Waals surface area contributed by atoms with E-state index in [2.05, 4.69) is 20.2 Å². The molecule has 0 saturated heterocycles. The molecule has 0 spiro atoms. The zero-order valence-corrected chi connectivity index (χ0v) is 16.7. The van der Waals surface area contributed by atoms with Crippen LogP contribution in [0, 0.1) is 0 Å². The molecule has 7 heteroatoms. The topological polar surface area (TPSA) is 93.4 Å². The third-order valence-electron chi connectivity index (χ3n) is 5.46. The summed E-state index contributed by atoms with van der Waals surface area (Å²) in [5, 5.41) is 3.04. The summed E-state index contributed by atoms with van der Waals surface area (Å²) in [4.78, 5) is 24.1. The van der Waals surface area contributed by atoms with Crippen molar-refractivity contribution in [3.05, 3.63) is 71.5 Å². The number of anilines is 3. The minimum absolute atomic E-state index is 0.0196. The van der Waals surface area contributed by atoms with Crippen molar-refractivity contribution in [2.24, 2.45) is 5.73 Å². The van der Waals surface area contributed by atoms with E-state index in [1.54, 1.807) is 24.5 Å². The van der Waals surface area contributed by atoms with Gasteiger partial charge in [-0.3, -0.25) is 4.79 Å². The first kappa shape index (κ1) is 18.6. The van der Waals surface area contributed by atoms with Gasteiger partial charge in [0.15, 0.2) is 5.82 Å². The summed E-state index contributed by atoms with van der Waals surface area (Å²) < 4.78 is 6.00. The molecule has 1 fully saturated rings. The highest BCUT2D eigenvalue weighted by atomic mass is 16.5. The van der Waals surface area contributed by atoms with Gasteiger partial charge in [0.25, 0.3) is 5.91 Å². The maximum absolute atomic E-state index is 12.9. The van der Waals surface area contributed by atoms with Gasteiger partial charge in [-0.25, -0.2) is 9.97 Å². The van der Waals surface area contributed by atoms with Gasteiger partial charge in [0.2, 0.25) is 0 Å². The van der Waals surface area contributed by atoms with Crippen LogP contribution in [0.1, 0.15) is 47.3 Å². The van der Waals surface area contributed by atoms with Gasteiger partial charge < -0.3 is 20.7 Å². The van der Waals surface area contributed by atoms with E-state index in [-0.39, 0.29) is 11.9 Å². The highest BCUT2D eigenvalue weighted by molar-refractivity contribution is 6.11. The fourth-order valence-corrected chi connectivity index (χ4v) is 3.68. The third kappa shape index (κ3) is 3.37. The number of fused-ring (bicyclic) bond motifs is 2. The maximum atomic E-state index is 12.9. The van der Waals surface area contributed by atoms with E-state index in [1.807, 2.05) is 37.3 Å². The number of rotatable bonds is 5. The molecule has 3 N–H and O–H groups in total. The zero-order valence-electron chi connectivity index (χ0n) is 16.7. The van der Waals surface area contributed by atoms with Crippen LogP contribution in [0.3, 0.4) is 0 Å². The Labute approximate surface area is 174 Å². The number of carbonyl (C=O) groups is 1.